The van der Waals surface area contributed by atoms with Crippen molar-refractivity contribution in [3.05, 3.63) is 17.6 Å². The highest BCUT2D eigenvalue weighted by atomic mass is 15.2. The number of nitrogens with two attached hydrogens (primary N) is 1. The fourth-order valence-corrected chi connectivity index (χ4v) is 2.56. The fourth-order valence-electron chi connectivity index (χ4n) is 2.56. The molecule has 4 heteroatoms. The molecule has 0 bridgehead atoms. The Bertz CT molecular complexity index is 383. The molecule has 100 valence electrons. The van der Waals surface area contributed by atoms with Crippen molar-refractivity contribution in [2.24, 2.45) is 11.7 Å². The van der Waals surface area contributed by atoms with Crippen molar-refractivity contribution in [2.75, 3.05) is 24.5 Å². The molecule has 2 N–H and O–H groups in total. The molecule has 0 saturated carbocycles. The van der Waals surface area contributed by atoms with Crippen LogP contribution in [0.15, 0.2) is 6.07 Å². The fraction of sp³-hybridized carbons (Fsp3) is 0.714. The van der Waals surface area contributed by atoms with E-state index in [1.165, 1.54) is 18.5 Å². The summed E-state index contributed by atoms with van der Waals surface area (Å²) in [5.74, 6) is 2.68. The first-order chi connectivity index (χ1) is 8.72. The Morgan fingerprint density at radius 2 is 2.06 bits per heavy atom. The van der Waals surface area contributed by atoms with Gasteiger partial charge in [0.1, 0.15) is 11.6 Å². The SMILES string of the molecule is CCCc1cc(N2CCC(CN)CC2)nc(C)n1. The van der Waals surface area contributed by atoms with Crippen LogP contribution < -0.4 is 10.6 Å². The van der Waals surface area contributed by atoms with E-state index in [9.17, 15) is 0 Å². The van der Waals surface area contributed by atoms with Gasteiger partial charge >= 0.3 is 0 Å². The minimum absolute atomic E-state index is 0.694. The molecule has 0 amide bonds. The van der Waals surface area contributed by atoms with Crippen LogP contribution in [0.25, 0.3) is 0 Å². The second-order valence-corrected chi connectivity index (χ2v) is 5.18. The predicted octanol–water partition coefficient (Wildman–Crippen LogP) is 1.91. The highest BCUT2D eigenvalue weighted by Crippen LogP contribution is 2.22. The van der Waals surface area contributed by atoms with Crippen LogP contribution in [0.3, 0.4) is 0 Å². The third kappa shape index (κ3) is 3.19. The highest BCUT2D eigenvalue weighted by molar-refractivity contribution is 5.40. The van der Waals surface area contributed by atoms with Gasteiger partial charge in [0.15, 0.2) is 0 Å². The number of piperidine rings is 1. The lowest BCUT2D eigenvalue weighted by Crippen LogP contribution is -2.36. The van der Waals surface area contributed by atoms with Crippen LogP contribution in [0.2, 0.25) is 0 Å². The third-order valence-electron chi connectivity index (χ3n) is 3.66. The van der Waals surface area contributed by atoms with E-state index in [0.29, 0.717) is 5.92 Å². The van der Waals surface area contributed by atoms with Gasteiger partial charge in [-0.25, -0.2) is 9.97 Å². The molecule has 0 atom stereocenters. The molecule has 0 unspecified atom stereocenters. The van der Waals surface area contributed by atoms with Gasteiger partial charge in [0.2, 0.25) is 0 Å². The van der Waals surface area contributed by atoms with Gasteiger partial charge in [0.25, 0.3) is 0 Å². The molecule has 1 aromatic heterocycles. The number of nitrogens with zero attached hydrogens (tertiary/aromatic N) is 3. The van der Waals surface area contributed by atoms with Gasteiger partial charge in [-0.05, 0) is 38.6 Å². The number of anilines is 1. The molecule has 4 nitrogen and oxygen atoms in total. The zero-order chi connectivity index (χ0) is 13.0. The molecular formula is C14H24N4. The highest BCUT2D eigenvalue weighted by Gasteiger charge is 2.19. The Labute approximate surface area is 110 Å². The summed E-state index contributed by atoms with van der Waals surface area (Å²) in [6.45, 7) is 7.13. The molecule has 0 aromatic carbocycles. The lowest BCUT2D eigenvalue weighted by atomic mass is 9.97. The average molecular weight is 248 g/mol. The smallest absolute Gasteiger partial charge is 0.132 e. The zero-order valence-electron chi connectivity index (χ0n) is 11.5. The predicted molar refractivity (Wildman–Crippen MR) is 74.8 cm³/mol. The van der Waals surface area contributed by atoms with Crippen molar-refractivity contribution in [1.29, 1.82) is 0 Å². The second-order valence-electron chi connectivity index (χ2n) is 5.18. The van der Waals surface area contributed by atoms with Crippen LogP contribution in [0.1, 0.15) is 37.7 Å². The molecule has 1 aliphatic rings. The molecule has 1 fully saturated rings. The quantitative estimate of drug-likeness (QED) is 0.884. The minimum atomic E-state index is 0.694. The molecule has 1 aromatic rings. The molecule has 1 saturated heterocycles. The summed E-state index contributed by atoms with van der Waals surface area (Å²) in [6.07, 6.45) is 4.53. The topological polar surface area (TPSA) is 55.0 Å². The van der Waals surface area contributed by atoms with E-state index in [0.717, 1.165) is 44.1 Å². The molecular weight excluding hydrogens is 224 g/mol. The maximum absolute atomic E-state index is 5.73. The average Bonchev–Trinajstić information content (AvgIpc) is 2.38. The number of rotatable bonds is 4. The largest absolute Gasteiger partial charge is 0.356 e. The van der Waals surface area contributed by atoms with E-state index < -0.39 is 0 Å². The van der Waals surface area contributed by atoms with E-state index in [1.54, 1.807) is 0 Å². The lowest BCUT2D eigenvalue weighted by Gasteiger charge is -2.32. The first-order valence-electron chi connectivity index (χ1n) is 7.02. The van der Waals surface area contributed by atoms with Crippen molar-refractivity contribution < 1.29 is 0 Å². The number of hydrogen-bond donors (Lipinski definition) is 1. The van der Waals surface area contributed by atoms with Crippen LogP contribution >= 0.6 is 0 Å². The molecule has 0 aliphatic carbocycles. The Morgan fingerprint density at radius 1 is 1.33 bits per heavy atom. The van der Waals surface area contributed by atoms with Gasteiger partial charge in [-0.2, -0.15) is 0 Å². The van der Waals surface area contributed by atoms with E-state index in [4.69, 9.17) is 5.73 Å². The van der Waals surface area contributed by atoms with E-state index in [-0.39, 0.29) is 0 Å². The van der Waals surface area contributed by atoms with E-state index in [2.05, 4.69) is 27.9 Å². The number of aromatic nitrogens is 2. The summed E-state index contributed by atoms with van der Waals surface area (Å²) in [5.41, 5.74) is 6.90. The summed E-state index contributed by atoms with van der Waals surface area (Å²) in [4.78, 5) is 11.4. The zero-order valence-corrected chi connectivity index (χ0v) is 11.5. The maximum atomic E-state index is 5.73. The summed E-state index contributed by atoms with van der Waals surface area (Å²) >= 11 is 0. The Morgan fingerprint density at radius 3 is 2.67 bits per heavy atom. The van der Waals surface area contributed by atoms with Crippen LogP contribution in [0.5, 0.6) is 0 Å². The second kappa shape index (κ2) is 6.14. The first kappa shape index (κ1) is 13.3. The van der Waals surface area contributed by atoms with Gasteiger partial charge in [-0.1, -0.05) is 13.3 Å². The van der Waals surface area contributed by atoms with Gasteiger partial charge in [0.05, 0.1) is 0 Å². The van der Waals surface area contributed by atoms with Crippen molar-refractivity contribution in [3.8, 4) is 0 Å². The molecule has 2 rings (SSSR count). The summed E-state index contributed by atoms with van der Waals surface area (Å²) < 4.78 is 0. The molecule has 2 heterocycles. The van der Waals surface area contributed by atoms with Gasteiger partial charge in [0, 0.05) is 24.8 Å². The Kier molecular flexibility index (Phi) is 4.53. The van der Waals surface area contributed by atoms with Gasteiger partial charge in [-0.3, -0.25) is 0 Å². The number of aryl methyl sites for hydroxylation is 2. The summed E-state index contributed by atoms with van der Waals surface area (Å²) in [5, 5.41) is 0. The molecule has 0 spiro atoms. The van der Waals surface area contributed by atoms with Crippen LogP contribution in [0, 0.1) is 12.8 Å². The van der Waals surface area contributed by atoms with E-state index >= 15 is 0 Å². The Hall–Kier alpha value is -1.16. The molecule has 18 heavy (non-hydrogen) atoms. The van der Waals surface area contributed by atoms with Crippen molar-refractivity contribution in [2.45, 2.75) is 39.5 Å². The van der Waals surface area contributed by atoms with Crippen LogP contribution in [-0.4, -0.2) is 29.6 Å². The van der Waals surface area contributed by atoms with Gasteiger partial charge < -0.3 is 10.6 Å². The molecule has 1 aliphatic heterocycles. The Balaban J connectivity index is 2.08. The van der Waals surface area contributed by atoms with Crippen molar-refractivity contribution in [3.63, 3.8) is 0 Å². The van der Waals surface area contributed by atoms with Crippen molar-refractivity contribution >= 4 is 5.82 Å². The standard InChI is InChI=1S/C14H24N4/c1-3-4-13-9-14(17-11(2)16-13)18-7-5-12(10-15)6-8-18/h9,12H,3-8,10,15H2,1-2H3. The van der Waals surface area contributed by atoms with Crippen LogP contribution in [0.4, 0.5) is 5.82 Å². The van der Waals surface area contributed by atoms with E-state index in [1.807, 2.05) is 6.92 Å². The monoisotopic (exact) mass is 248 g/mol. The number of hydrogen-bond acceptors (Lipinski definition) is 4. The van der Waals surface area contributed by atoms with Gasteiger partial charge in [-0.15, -0.1) is 0 Å². The van der Waals surface area contributed by atoms with Crippen LogP contribution in [-0.2, 0) is 6.42 Å². The summed E-state index contributed by atoms with van der Waals surface area (Å²) in [6, 6.07) is 2.15. The minimum Gasteiger partial charge on any atom is -0.356 e. The molecule has 0 radical (unpaired) electrons. The lowest BCUT2D eigenvalue weighted by molar-refractivity contribution is 0.413. The van der Waals surface area contributed by atoms with Crippen molar-refractivity contribution in [1.82, 2.24) is 9.97 Å². The first-order valence-corrected chi connectivity index (χ1v) is 7.02. The third-order valence-corrected chi connectivity index (χ3v) is 3.66. The maximum Gasteiger partial charge on any atom is 0.132 e. The normalized spacial score (nSPS) is 17.2. The summed E-state index contributed by atoms with van der Waals surface area (Å²) in [7, 11) is 0.